The summed E-state index contributed by atoms with van der Waals surface area (Å²) in [6, 6.07) is 0. The van der Waals surface area contributed by atoms with Gasteiger partial charge in [0.05, 0.1) is 23.7 Å². The second-order valence-corrected chi connectivity index (χ2v) is 6.27. The zero-order valence-electron chi connectivity index (χ0n) is 10.9. The van der Waals surface area contributed by atoms with Gasteiger partial charge in [-0.2, -0.15) is 0 Å². The van der Waals surface area contributed by atoms with Gasteiger partial charge in [-0.05, 0) is 6.92 Å². The summed E-state index contributed by atoms with van der Waals surface area (Å²) in [5.74, 6) is -5.56. The Labute approximate surface area is 114 Å². The van der Waals surface area contributed by atoms with Crippen LogP contribution in [0.3, 0.4) is 0 Å². The molecule has 0 aromatic heterocycles. The van der Waals surface area contributed by atoms with Crippen molar-refractivity contribution in [3.63, 3.8) is 0 Å². The molecule has 0 N–H and O–H groups in total. The highest BCUT2D eigenvalue weighted by Gasteiger charge is 2.73. The summed E-state index contributed by atoms with van der Waals surface area (Å²) < 4.78 is 9.53. The first kappa shape index (κ1) is 11.8. The van der Waals surface area contributed by atoms with Crippen LogP contribution in [0.15, 0.2) is 11.6 Å². The highest BCUT2D eigenvalue weighted by atomic mass is 16.6. The predicted octanol–water partition coefficient (Wildman–Crippen LogP) is 0.214. The molecule has 2 bridgehead atoms. The standard InChI is InChI=1S/C14H12O6/c1-4-3-14(2)8-6(10(15)19-12(8)17)5(4)7-9(14)13(18)20-11(7)16/h3,5-9H,1-2H3/t5?,6-,7+,8-,9-,14?/m0/s1. The van der Waals surface area contributed by atoms with Crippen LogP contribution in [-0.2, 0) is 28.7 Å². The molecule has 2 heterocycles. The smallest absolute Gasteiger partial charge is 0.318 e. The Morgan fingerprint density at radius 1 is 0.850 bits per heavy atom. The molecule has 3 fully saturated rings. The van der Waals surface area contributed by atoms with E-state index in [0.717, 1.165) is 5.57 Å². The van der Waals surface area contributed by atoms with E-state index in [2.05, 4.69) is 0 Å². The van der Waals surface area contributed by atoms with E-state index in [1.807, 2.05) is 13.0 Å². The van der Waals surface area contributed by atoms with Gasteiger partial charge in [-0.1, -0.05) is 18.6 Å². The van der Waals surface area contributed by atoms with Crippen molar-refractivity contribution < 1.29 is 28.7 Å². The molecule has 0 aromatic rings. The van der Waals surface area contributed by atoms with Gasteiger partial charge in [0.1, 0.15) is 0 Å². The minimum atomic E-state index is -0.888. The average Bonchev–Trinajstić information content (AvgIpc) is 2.80. The number of carbonyl (C=O) groups is 4. The van der Waals surface area contributed by atoms with Crippen molar-refractivity contribution in [2.45, 2.75) is 13.8 Å². The van der Waals surface area contributed by atoms with Gasteiger partial charge < -0.3 is 9.47 Å². The maximum absolute atomic E-state index is 12.0. The topological polar surface area (TPSA) is 86.7 Å². The lowest BCUT2D eigenvalue weighted by atomic mass is 9.46. The maximum atomic E-state index is 12.0. The summed E-state index contributed by atoms with van der Waals surface area (Å²) in [6.45, 7) is 3.56. The van der Waals surface area contributed by atoms with Crippen LogP contribution in [0.25, 0.3) is 0 Å². The second-order valence-electron chi connectivity index (χ2n) is 6.27. The molecule has 1 saturated carbocycles. The Hall–Kier alpha value is -1.98. The van der Waals surface area contributed by atoms with Gasteiger partial charge in [0.2, 0.25) is 0 Å². The summed E-state index contributed by atoms with van der Waals surface area (Å²) in [7, 11) is 0. The van der Waals surface area contributed by atoms with Crippen LogP contribution in [0.5, 0.6) is 0 Å². The monoisotopic (exact) mass is 276 g/mol. The van der Waals surface area contributed by atoms with Crippen LogP contribution < -0.4 is 0 Å². The van der Waals surface area contributed by atoms with Crippen molar-refractivity contribution in [2.75, 3.05) is 0 Å². The Balaban J connectivity index is 1.98. The molecule has 6 heteroatoms. The van der Waals surface area contributed by atoms with Gasteiger partial charge in [0.25, 0.3) is 0 Å². The summed E-state index contributed by atoms with van der Waals surface area (Å²) in [6.07, 6.45) is 1.85. The molecule has 5 aliphatic rings. The third-order valence-electron chi connectivity index (χ3n) is 5.35. The quantitative estimate of drug-likeness (QED) is 0.357. The van der Waals surface area contributed by atoms with Crippen molar-refractivity contribution in [3.8, 4) is 0 Å². The largest absolute Gasteiger partial charge is 0.393 e. The van der Waals surface area contributed by atoms with Crippen LogP contribution >= 0.6 is 0 Å². The van der Waals surface area contributed by atoms with Gasteiger partial charge in [0, 0.05) is 11.3 Å². The molecule has 3 aliphatic carbocycles. The molecular weight excluding hydrogens is 264 g/mol. The Kier molecular flexibility index (Phi) is 1.88. The number of esters is 4. The molecule has 0 aromatic carbocycles. The second kappa shape index (κ2) is 3.19. The summed E-state index contributed by atoms with van der Waals surface area (Å²) >= 11 is 0. The number of hydrogen-bond acceptors (Lipinski definition) is 6. The van der Waals surface area contributed by atoms with Crippen molar-refractivity contribution in [2.24, 2.45) is 35.0 Å². The number of ether oxygens (including phenoxy) is 2. The van der Waals surface area contributed by atoms with E-state index in [1.54, 1.807) is 6.92 Å². The first-order chi connectivity index (χ1) is 9.36. The van der Waals surface area contributed by atoms with E-state index in [1.165, 1.54) is 0 Å². The predicted molar refractivity (Wildman–Crippen MR) is 61.5 cm³/mol. The minimum absolute atomic E-state index is 0.468. The first-order valence-electron chi connectivity index (χ1n) is 6.56. The molecule has 104 valence electrons. The van der Waals surface area contributed by atoms with Crippen LogP contribution in [0.2, 0.25) is 0 Å². The Morgan fingerprint density at radius 3 is 1.75 bits per heavy atom. The number of cyclic esters (lactones) is 4. The van der Waals surface area contributed by atoms with Gasteiger partial charge in [-0.3, -0.25) is 19.2 Å². The summed E-state index contributed by atoms with van der Waals surface area (Å²) in [5.41, 5.74) is -0.0333. The molecule has 0 amide bonds. The number of carbonyl (C=O) groups excluding carboxylic acids is 4. The minimum Gasteiger partial charge on any atom is -0.393 e. The third kappa shape index (κ3) is 1.04. The van der Waals surface area contributed by atoms with Crippen LogP contribution in [0.4, 0.5) is 0 Å². The molecule has 6 nitrogen and oxygen atoms in total. The lowest BCUT2D eigenvalue weighted by Crippen LogP contribution is -2.57. The molecule has 2 saturated heterocycles. The van der Waals surface area contributed by atoms with Gasteiger partial charge in [0.15, 0.2) is 0 Å². The molecule has 2 unspecified atom stereocenters. The highest BCUT2D eigenvalue weighted by molar-refractivity contribution is 6.03. The van der Waals surface area contributed by atoms with E-state index >= 15 is 0 Å². The fourth-order valence-electron chi connectivity index (χ4n) is 4.77. The third-order valence-corrected chi connectivity index (χ3v) is 5.35. The summed E-state index contributed by atoms with van der Waals surface area (Å²) in [5, 5.41) is 0. The van der Waals surface area contributed by atoms with Crippen molar-refractivity contribution >= 4 is 23.9 Å². The van der Waals surface area contributed by atoms with Crippen LogP contribution in [-0.4, -0.2) is 23.9 Å². The van der Waals surface area contributed by atoms with Gasteiger partial charge in [-0.25, -0.2) is 0 Å². The highest BCUT2D eigenvalue weighted by Crippen LogP contribution is 2.64. The molecule has 5 rings (SSSR count). The average molecular weight is 276 g/mol. The van der Waals surface area contributed by atoms with Crippen molar-refractivity contribution in [1.29, 1.82) is 0 Å². The van der Waals surface area contributed by atoms with Gasteiger partial charge >= 0.3 is 23.9 Å². The van der Waals surface area contributed by atoms with E-state index in [0.29, 0.717) is 0 Å². The van der Waals surface area contributed by atoms with E-state index in [9.17, 15) is 19.2 Å². The summed E-state index contributed by atoms with van der Waals surface area (Å²) in [4.78, 5) is 47.9. The normalized spacial score (nSPS) is 48.7. The lowest BCUT2D eigenvalue weighted by Gasteiger charge is -2.51. The molecule has 20 heavy (non-hydrogen) atoms. The molecule has 0 spiro atoms. The molecule has 0 radical (unpaired) electrons. The molecule has 6 atom stereocenters. The Bertz CT molecular complexity index is 588. The van der Waals surface area contributed by atoms with E-state index in [4.69, 9.17) is 9.47 Å². The van der Waals surface area contributed by atoms with E-state index in [-0.39, 0.29) is 0 Å². The zero-order chi connectivity index (χ0) is 14.4. The molecule has 2 aliphatic heterocycles. The fraction of sp³-hybridized carbons (Fsp3) is 0.571. The fourth-order valence-corrected chi connectivity index (χ4v) is 4.77. The number of rotatable bonds is 0. The number of hydrogen-bond donors (Lipinski definition) is 0. The lowest BCUT2D eigenvalue weighted by molar-refractivity contribution is -0.154. The zero-order valence-corrected chi connectivity index (χ0v) is 10.9. The number of allylic oxidation sites excluding steroid dienone is 2. The SMILES string of the molecule is CC1=CC2(C)[C@@H]3C(=O)OC(=O)[C@@H]3C1[C@@H]1C(=O)OC(=O)[C@H]12. The van der Waals surface area contributed by atoms with Crippen LogP contribution in [0, 0.1) is 35.0 Å². The van der Waals surface area contributed by atoms with Gasteiger partial charge in [-0.15, -0.1) is 0 Å². The Morgan fingerprint density at radius 2 is 1.30 bits per heavy atom. The first-order valence-corrected chi connectivity index (χ1v) is 6.56. The van der Waals surface area contributed by atoms with E-state index < -0.39 is 58.9 Å². The van der Waals surface area contributed by atoms with Crippen molar-refractivity contribution in [1.82, 2.24) is 0 Å². The van der Waals surface area contributed by atoms with Crippen molar-refractivity contribution in [3.05, 3.63) is 11.6 Å². The maximum Gasteiger partial charge on any atom is 0.318 e. The molecular formula is C14H12O6. The van der Waals surface area contributed by atoms with Crippen LogP contribution in [0.1, 0.15) is 13.8 Å².